The number of aryl methyl sites for hydroxylation is 2. The summed E-state index contributed by atoms with van der Waals surface area (Å²) in [5.41, 5.74) is 4.53. The van der Waals surface area contributed by atoms with E-state index in [9.17, 15) is 0 Å². The molecule has 0 aromatic heterocycles. The van der Waals surface area contributed by atoms with Gasteiger partial charge in [-0.2, -0.15) is 0 Å². The molecule has 1 N–H and O–H groups in total. The van der Waals surface area contributed by atoms with E-state index in [1.165, 1.54) is 11.1 Å². The Morgan fingerprint density at radius 2 is 1.79 bits per heavy atom. The summed E-state index contributed by atoms with van der Waals surface area (Å²) in [6.07, 6.45) is 0. The SMILES string of the molecule is Cc1ccc(CNc2cc(Cl)c(C)cc2Br)c(Br)c1. The highest BCUT2D eigenvalue weighted by molar-refractivity contribution is 9.11. The Morgan fingerprint density at radius 1 is 1.05 bits per heavy atom. The molecule has 0 aliphatic carbocycles. The summed E-state index contributed by atoms with van der Waals surface area (Å²) in [4.78, 5) is 0. The minimum absolute atomic E-state index is 0.749. The predicted octanol–water partition coefficient (Wildman–Crippen LogP) is 6.09. The lowest BCUT2D eigenvalue weighted by atomic mass is 10.1. The molecule has 0 amide bonds. The summed E-state index contributed by atoms with van der Waals surface area (Å²) in [5.74, 6) is 0. The largest absolute Gasteiger partial charge is 0.380 e. The molecule has 1 nitrogen and oxygen atoms in total. The molecule has 4 heteroatoms. The van der Waals surface area contributed by atoms with Crippen LogP contribution in [-0.2, 0) is 6.54 Å². The van der Waals surface area contributed by atoms with E-state index in [1.807, 2.05) is 19.1 Å². The van der Waals surface area contributed by atoms with Crippen LogP contribution in [0.15, 0.2) is 39.3 Å². The molecule has 0 saturated heterocycles. The highest BCUT2D eigenvalue weighted by atomic mass is 79.9. The van der Waals surface area contributed by atoms with Crippen LogP contribution in [0.5, 0.6) is 0 Å². The van der Waals surface area contributed by atoms with Gasteiger partial charge in [0, 0.05) is 20.5 Å². The molecule has 2 rings (SSSR count). The molecule has 19 heavy (non-hydrogen) atoms. The van der Waals surface area contributed by atoms with Gasteiger partial charge in [0.05, 0.1) is 5.69 Å². The van der Waals surface area contributed by atoms with Crippen molar-refractivity contribution in [2.45, 2.75) is 20.4 Å². The molecule has 0 heterocycles. The van der Waals surface area contributed by atoms with Gasteiger partial charge in [-0.3, -0.25) is 0 Å². The van der Waals surface area contributed by atoms with Crippen molar-refractivity contribution in [2.24, 2.45) is 0 Å². The molecule has 0 atom stereocenters. The second-order valence-corrected chi connectivity index (χ2v) is 6.65. The molecule has 0 aliphatic rings. The van der Waals surface area contributed by atoms with Crippen LogP contribution in [0.25, 0.3) is 0 Å². The molecule has 0 fully saturated rings. The lowest BCUT2D eigenvalue weighted by Gasteiger charge is -2.12. The maximum atomic E-state index is 6.15. The first kappa shape index (κ1) is 14.9. The van der Waals surface area contributed by atoms with Crippen LogP contribution in [0.2, 0.25) is 5.02 Å². The van der Waals surface area contributed by atoms with Gasteiger partial charge in [0.15, 0.2) is 0 Å². The van der Waals surface area contributed by atoms with E-state index in [-0.39, 0.29) is 0 Å². The number of benzene rings is 2. The summed E-state index contributed by atoms with van der Waals surface area (Å²) < 4.78 is 2.15. The van der Waals surface area contributed by atoms with Crippen LogP contribution < -0.4 is 5.32 Å². The average Bonchev–Trinajstić information content (AvgIpc) is 2.34. The van der Waals surface area contributed by atoms with Crippen molar-refractivity contribution < 1.29 is 0 Å². The maximum absolute atomic E-state index is 6.15. The fraction of sp³-hybridized carbons (Fsp3) is 0.200. The number of nitrogens with one attached hydrogen (secondary N) is 1. The molecular weight excluding hydrogens is 389 g/mol. The molecule has 0 unspecified atom stereocenters. The topological polar surface area (TPSA) is 12.0 Å². The van der Waals surface area contributed by atoms with E-state index in [4.69, 9.17) is 11.6 Å². The minimum atomic E-state index is 0.749. The Morgan fingerprint density at radius 3 is 2.47 bits per heavy atom. The zero-order valence-corrected chi connectivity index (χ0v) is 14.7. The first-order valence-electron chi connectivity index (χ1n) is 5.92. The van der Waals surface area contributed by atoms with Crippen molar-refractivity contribution in [1.29, 1.82) is 0 Å². The summed E-state index contributed by atoms with van der Waals surface area (Å²) in [6, 6.07) is 10.3. The van der Waals surface area contributed by atoms with Crippen LogP contribution in [-0.4, -0.2) is 0 Å². The number of rotatable bonds is 3. The van der Waals surface area contributed by atoms with Gasteiger partial charge in [-0.15, -0.1) is 0 Å². The van der Waals surface area contributed by atoms with Gasteiger partial charge in [-0.05, 0) is 64.7 Å². The lowest BCUT2D eigenvalue weighted by molar-refractivity contribution is 1.13. The molecule has 0 bridgehead atoms. The summed E-state index contributed by atoms with van der Waals surface area (Å²) in [5, 5.41) is 4.17. The molecule has 0 saturated carbocycles. The standard InChI is InChI=1S/C15H14Br2ClN/c1-9-3-4-11(12(16)5-9)8-19-15-7-14(18)10(2)6-13(15)17/h3-7,19H,8H2,1-2H3. The Bertz CT molecular complexity index is 611. The van der Waals surface area contributed by atoms with Gasteiger partial charge in [-0.25, -0.2) is 0 Å². The molecule has 100 valence electrons. The van der Waals surface area contributed by atoms with Gasteiger partial charge in [0.25, 0.3) is 0 Å². The van der Waals surface area contributed by atoms with Gasteiger partial charge >= 0.3 is 0 Å². The van der Waals surface area contributed by atoms with Crippen molar-refractivity contribution in [2.75, 3.05) is 5.32 Å². The number of halogens is 3. The van der Waals surface area contributed by atoms with Crippen molar-refractivity contribution in [3.8, 4) is 0 Å². The number of hydrogen-bond acceptors (Lipinski definition) is 1. The third kappa shape index (κ3) is 3.74. The van der Waals surface area contributed by atoms with Crippen LogP contribution in [0.1, 0.15) is 16.7 Å². The van der Waals surface area contributed by atoms with E-state index in [0.29, 0.717) is 0 Å². The van der Waals surface area contributed by atoms with Gasteiger partial charge in [0.1, 0.15) is 0 Å². The van der Waals surface area contributed by atoms with E-state index in [0.717, 1.165) is 31.8 Å². The van der Waals surface area contributed by atoms with E-state index in [2.05, 4.69) is 62.3 Å². The van der Waals surface area contributed by atoms with Crippen LogP contribution in [0, 0.1) is 13.8 Å². The molecule has 2 aromatic carbocycles. The van der Waals surface area contributed by atoms with Crippen molar-refractivity contribution in [1.82, 2.24) is 0 Å². The Kier molecular flexibility index (Phi) is 4.93. The second kappa shape index (κ2) is 6.29. The van der Waals surface area contributed by atoms with E-state index in [1.54, 1.807) is 0 Å². The van der Waals surface area contributed by atoms with Crippen molar-refractivity contribution in [3.05, 3.63) is 61.0 Å². The third-order valence-electron chi connectivity index (χ3n) is 2.93. The fourth-order valence-corrected chi connectivity index (χ4v) is 3.16. The molecule has 0 aliphatic heterocycles. The Hall–Kier alpha value is -0.510. The summed E-state index contributed by atoms with van der Waals surface area (Å²) >= 11 is 13.3. The third-order valence-corrected chi connectivity index (χ3v) is 4.73. The molecule has 2 aromatic rings. The van der Waals surface area contributed by atoms with Gasteiger partial charge in [-0.1, -0.05) is 39.7 Å². The van der Waals surface area contributed by atoms with Gasteiger partial charge in [0.2, 0.25) is 0 Å². The number of hydrogen-bond donors (Lipinski definition) is 1. The minimum Gasteiger partial charge on any atom is -0.380 e. The fourth-order valence-electron chi connectivity index (χ4n) is 1.77. The van der Waals surface area contributed by atoms with E-state index < -0.39 is 0 Å². The monoisotopic (exact) mass is 401 g/mol. The zero-order valence-electron chi connectivity index (χ0n) is 10.7. The lowest BCUT2D eigenvalue weighted by Crippen LogP contribution is -2.01. The van der Waals surface area contributed by atoms with E-state index >= 15 is 0 Å². The average molecular weight is 404 g/mol. The molecule has 0 spiro atoms. The Labute approximate surface area is 135 Å². The second-order valence-electron chi connectivity index (χ2n) is 4.53. The van der Waals surface area contributed by atoms with Gasteiger partial charge < -0.3 is 5.32 Å². The number of anilines is 1. The predicted molar refractivity (Wildman–Crippen MR) is 90.1 cm³/mol. The highest BCUT2D eigenvalue weighted by Gasteiger charge is 2.05. The van der Waals surface area contributed by atoms with Crippen molar-refractivity contribution >= 4 is 49.1 Å². The smallest absolute Gasteiger partial charge is 0.0502 e. The summed E-state index contributed by atoms with van der Waals surface area (Å²) in [6.45, 7) is 4.82. The quantitative estimate of drug-likeness (QED) is 0.653. The zero-order chi connectivity index (χ0) is 14.0. The van der Waals surface area contributed by atoms with Crippen LogP contribution in [0.3, 0.4) is 0 Å². The first-order valence-corrected chi connectivity index (χ1v) is 7.88. The van der Waals surface area contributed by atoms with Crippen LogP contribution >= 0.6 is 43.5 Å². The highest BCUT2D eigenvalue weighted by Crippen LogP contribution is 2.30. The van der Waals surface area contributed by atoms with Crippen molar-refractivity contribution in [3.63, 3.8) is 0 Å². The Balaban J connectivity index is 2.16. The molecular formula is C15H14Br2ClN. The van der Waals surface area contributed by atoms with Crippen LogP contribution in [0.4, 0.5) is 5.69 Å². The normalized spacial score (nSPS) is 10.6. The molecule has 0 radical (unpaired) electrons. The maximum Gasteiger partial charge on any atom is 0.0502 e. The first-order chi connectivity index (χ1) is 8.97. The summed E-state index contributed by atoms with van der Waals surface area (Å²) in [7, 11) is 0.